The van der Waals surface area contributed by atoms with Gasteiger partial charge >= 0.3 is 6.03 Å². The maximum Gasteiger partial charge on any atom is 0.327 e. The summed E-state index contributed by atoms with van der Waals surface area (Å²) in [5, 5.41) is 8.88. The first-order valence-corrected chi connectivity index (χ1v) is 11.9. The lowest BCUT2D eigenvalue weighted by Gasteiger charge is -2.28. The SMILES string of the molecule is C=CC(=O)NC1=C(NC2CC(N(C)C(=O)Nc3c(Cl)c(OC)cc(OC)c3Cl)=NC=N2)C(OC)C#CC=C1. The lowest BCUT2D eigenvalue weighted by atomic mass is 10.1. The van der Waals surface area contributed by atoms with Gasteiger partial charge < -0.3 is 30.2 Å². The van der Waals surface area contributed by atoms with Crippen molar-refractivity contribution in [2.75, 3.05) is 33.7 Å². The maximum atomic E-state index is 13.1. The van der Waals surface area contributed by atoms with E-state index < -0.39 is 24.2 Å². The quantitative estimate of drug-likeness (QED) is 0.330. The Morgan fingerprint density at radius 2 is 1.87 bits per heavy atom. The molecular weight excluding hydrogens is 535 g/mol. The number of halogens is 2. The second-order valence-electron chi connectivity index (χ2n) is 7.71. The molecule has 2 atom stereocenters. The van der Waals surface area contributed by atoms with Gasteiger partial charge in [0.25, 0.3) is 0 Å². The summed E-state index contributed by atoms with van der Waals surface area (Å²) in [6.07, 6.45) is 4.71. The number of ether oxygens (including phenoxy) is 3. The van der Waals surface area contributed by atoms with Crippen molar-refractivity contribution < 1.29 is 23.8 Å². The summed E-state index contributed by atoms with van der Waals surface area (Å²) in [7, 11) is 5.90. The Labute approximate surface area is 230 Å². The standard InChI is InChI=1S/C25H26Cl2N6O5/c1-6-20(34)30-14-9-7-8-10-15(36-3)23(14)31-18-12-19(29-13-28-18)33(2)25(35)32-24-21(26)16(37-4)11-17(38-5)22(24)27/h6-7,9,11,13,15,18,31H,1,12H2,2-5H3,(H,30,34)(H,32,35). The molecule has 200 valence electrons. The number of amides is 3. The van der Waals surface area contributed by atoms with E-state index in [-0.39, 0.29) is 33.7 Å². The molecule has 3 amide bonds. The van der Waals surface area contributed by atoms with Crippen molar-refractivity contribution in [3.05, 3.63) is 52.3 Å². The minimum Gasteiger partial charge on any atom is -0.495 e. The average Bonchev–Trinajstić information content (AvgIpc) is 3.12. The fourth-order valence-corrected chi connectivity index (χ4v) is 4.02. The van der Waals surface area contributed by atoms with Gasteiger partial charge in [-0.25, -0.2) is 14.8 Å². The summed E-state index contributed by atoms with van der Waals surface area (Å²) >= 11 is 12.8. The highest BCUT2D eigenvalue weighted by Crippen LogP contribution is 2.44. The average molecular weight is 561 g/mol. The van der Waals surface area contributed by atoms with Crippen molar-refractivity contribution in [1.29, 1.82) is 0 Å². The first-order chi connectivity index (χ1) is 18.2. The van der Waals surface area contributed by atoms with Crippen molar-refractivity contribution in [3.63, 3.8) is 0 Å². The number of carbonyl (C=O) groups excluding carboxylic acids is 2. The van der Waals surface area contributed by atoms with Crippen LogP contribution in [-0.4, -0.2) is 69.7 Å². The Kier molecular flexibility index (Phi) is 9.78. The molecule has 1 aromatic rings. The number of rotatable bonds is 8. The van der Waals surface area contributed by atoms with Crippen LogP contribution in [0.5, 0.6) is 11.5 Å². The van der Waals surface area contributed by atoms with Crippen molar-refractivity contribution in [2.24, 2.45) is 9.98 Å². The number of amidine groups is 1. The number of nitrogens with zero attached hydrogens (tertiary/aromatic N) is 3. The van der Waals surface area contributed by atoms with E-state index in [1.54, 1.807) is 12.2 Å². The zero-order chi connectivity index (χ0) is 27.8. The number of aliphatic imine (C=N–C) groups is 2. The van der Waals surface area contributed by atoms with E-state index >= 15 is 0 Å². The van der Waals surface area contributed by atoms with Crippen LogP contribution in [0.25, 0.3) is 0 Å². The van der Waals surface area contributed by atoms with Gasteiger partial charge in [0.05, 0.1) is 31.3 Å². The second kappa shape index (κ2) is 13.0. The summed E-state index contributed by atoms with van der Waals surface area (Å²) < 4.78 is 16.0. The monoisotopic (exact) mass is 560 g/mol. The van der Waals surface area contributed by atoms with E-state index in [1.807, 2.05) is 0 Å². The van der Waals surface area contributed by atoms with Crippen LogP contribution < -0.4 is 25.4 Å². The lowest BCUT2D eigenvalue weighted by Crippen LogP contribution is -2.44. The van der Waals surface area contributed by atoms with Gasteiger partial charge in [-0.2, -0.15) is 0 Å². The molecule has 0 radical (unpaired) electrons. The molecule has 1 aromatic carbocycles. The molecule has 0 saturated heterocycles. The minimum absolute atomic E-state index is 0.112. The van der Waals surface area contributed by atoms with Gasteiger partial charge in [0.2, 0.25) is 5.91 Å². The van der Waals surface area contributed by atoms with Crippen LogP contribution in [0, 0.1) is 11.8 Å². The molecule has 3 N–H and O–H groups in total. The number of hydrogen-bond acceptors (Lipinski definition) is 8. The lowest BCUT2D eigenvalue weighted by molar-refractivity contribution is -0.115. The van der Waals surface area contributed by atoms with Gasteiger partial charge in [-0.3, -0.25) is 9.69 Å². The predicted octanol–water partition coefficient (Wildman–Crippen LogP) is 3.32. The Morgan fingerprint density at radius 3 is 2.47 bits per heavy atom. The van der Waals surface area contributed by atoms with E-state index in [0.29, 0.717) is 17.2 Å². The number of urea groups is 1. The summed E-state index contributed by atoms with van der Waals surface area (Å²) in [5.41, 5.74) is 1.04. The summed E-state index contributed by atoms with van der Waals surface area (Å²) in [6, 6.07) is 0.955. The predicted molar refractivity (Wildman–Crippen MR) is 147 cm³/mol. The molecule has 38 heavy (non-hydrogen) atoms. The molecule has 0 aromatic heterocycles. The molecule has 1 aliphatic carbocycles. The van der Waals surface area contributed by atoms with E-state index in [0.717, 1.165) is 6.08 Å². The van der Waals surface area contributed by atoms with Crippen LogP contribution in [0.1, 0.15) is 6.42 Å². The summed E-state index contributed by atoms with van der Waals surface area (Å²) in [4.78, 5) is 35.0. The molecular formula is C25H26Cl2N6O5. The molecule has 2 unspecified atom stereocenters. The Balaban J connectivity index is 1.80. The number of allylic oxidation sites excluding steroid dienone is 2. The fourth-order valence-electron chi connectivity index (χ4n) is 3.43. The molecule has 11 nitrogen and oxygen atoms in total. The number of carbonyl (C=O) groups is 2. The minimum atomic E-state index is -0.670. The zero-order valence-corrected chi connectivity index (χ0v) is 22.6. The van der Waals surface area contributed by atoms with Crippen molar-refractivity contribution in [3.8, 4) is 23.3 Å². The van der Waals surface area contributed by atoms with Crippen molar-refractivity contribution >= 4 is 53.0 Å². The van der Waals surface area contributed by atoms with E-state index in [4.69, 9.17) is 37.4 Å². The Hall–Kier alpha value is -3.98. The highest BCUT2D eigenvalue weighted by atomic mass is 35.5. The van der Waals surface area contributed by atoms with Crippen LogP contribution in [-0.2, 0) is 9.53 Å². The Bertz CT molecular complexity index is 1280. The van der Waals surface area contributed by atoms with E-state index in [1.165, 1.54) is 45.7 Å². The highest BCUT2D eigenvalue weighted by Gasteiger charge is 2.27. The smallest absolute Gasteiger partial charge is 0.327 e. The topological polar surface area (TPSA) is 126 Å². The molecule has 0 spiro atoms. The Morgan fingerprint density at radius 1 is 1.18 bits per heavy atom. The number of anilines is 1. The number of methoxy groups -OCH3 is 3. The van der Waals surface area contributed by atoms with Crippen molar-refractivity contribution in [1.82, 2.24) is 15.5 Å². The third kappa shape index (κ3) is 6.47. The normalized spacial score (nSPS) is 17.9. The second-order valence-corrected chi connectivity index (χ2v) is 8.46. The van der Waals surface area contributed by atoms with Crippen LogP contribution in [0.15, 0.2) is 52.3 Å². The third-order valence-corrected chi connectivity index (χ3v) is 6.18. The number of hydrogen-bond donors (Lipinski definition) is 3. The molecule has 0 fully saturated rings. The van der Waals surface area contributed by atoms with Gasteiger partial charge in [0.15, 0.2) is 6.10 Å². The summed E-state index contributed by atoms with van der Waals surface area (Å²) in [5.74, 6) is 6.33. The first kappa shape index (κ1) is 28.6. The van der Waals surface area contributed by atoms with Crippen LogP contribution in [0.3, 0.4) is 0 Å². The molecule has 0 saturated carbocycles. The molecule has 1 heterocycles. The third-order valence-electron chi connectivity index (χ3n) is 5.43. The van der Waals surface area contributed by atoms with Crippen molar-refractivity contribution in [2.45, 2.75) is 18.7 Å². The highest BCUT2D eigenvalue weighted by molar-refractivity contribution is 6.41. The summed E-state index contributed by atoms with van der Waals surface area (Å²) in [6.45, 7) is 3.48. The van der Waals surface area contributed by atoms with Crippen LogP contribution in [0.4, 0.5) is 10.5 Å². The van der Waals surface area contributed by atoms with E-state index in [9.17, 15) is 9.59 Å². The molecule has 3 rings (SSSR count). The van der Waals surface area contributed by atoms with Gasteiger partial charge in [-0.1, -0.05) is 41.6 Å². The van der Waals surface area contributed by atoms with Gasteiger partial charge in [0.1, 0.15) is 39.9 Å². The fraction of sp³-hybridized carbons (Fsp3) is 0.280. The number of benzene rings is 1. The first-order valence-electron chi connectivity index (χ1n) is 11.1. The number of nitrogens with one attached hydrogen (secondary N) is 3. The molecule has 0 bridgehead atoms. The van der Waals surface area contributed by atoms with Gasteiger partial charge in [-0.05, 0) is 18.2 Å². The molecule has 1 aliphatic heterocycles. The van der Waals surface area contributed by atoms with Crippen LogP contribution in [0.2, 0.25) is 10.0 Å². The molecule has 2 aliphatic rings. The maximum absolute atomic E-state index is 13.1. The van der Waals surface area contributed by atoms with Crippen LogP contribution >= 0.6 is 23.2 Å². The largest absolute Gasteiger partial charge is 0.495 e. The van der Waals surface area contributed by atoms with Gasteiger partial charge in [0, 0.05) is 26.6 Å². The van der Waals surface area contributed by atoms with E-state index in [2.05, 4.69) is 44.4 Å². The molecule has 13 heteroatoms. The zero-order valence-electron chi connectivity index (χ0n) is 21.1. The van der Waals surface area contributed by atoms with Gasteiger partial charge in [-0.15, -0.1) is 0 Å².